The van der Waals surface area contributed by atoms with E-state index in [1.165, 1.54) is 0 Å². The molecule has 0 aliphatic carbocycles. The largest absolute Gasteiger partial charge is 0.579 e. The van der Waals surface area contributed by atoms with Gasteiger partial charge in [-0.15, -0.1) is 12.3 Å². The molecule has 0 radical (unpaired) electrons. The topological polar surface area (TPSA) is 46.5 Å². The van der Waals surface area contributed by atoms with E-state index in [2.05, 4.69) is 0 Å². The normalized spacial score (nSPS) is 23.9. The maximum Gasteiger partial charge on any atom is 0.265 e. The first-order valence-corrected chi connectivity index (χ1v) is 5.15. The molecule has 0 saturated carbocycles. The van der Waals surface area contributed by atoms with Gasteiger partial charge in [-0.1, -0.05) is 23.8 Å². The molecule has 1 atom stereocenters. The maximum absolute atomic E-state index is 11.0. The smallest absolute Gasteiger partial charge is 0.265 e. The summed E-state index contributed by atoms with van der Waals surface area (Å²) in [7, 11) is 0. The zero-order valence-electron chi connectivity index (χ0n) is 8.99. The number of benzene rings is 1. The van der Waals surface area contributed by atoms with E-state index in [1.54, 1.807) is 13.7 Å². The Morgan fingerprint density at radius 1 is 1.60 bits per heavy atom. The standard InChI is InChI=1S/C11H14BO3/c1-8(13)5-9-3-4-10-7-15-12(2,14)11(10)6-9/h3-4,6,14H,5,7H2,1-2H3/q-1. The van der Waals surface area contributed by atoms with Crippen LogP contribution in [0.15, 0.2) is 18.2 Å². The average Bonchev–Trinajstić information content (AvgIpc) is 2.42. The van der Waals surface area contributed by atoms with E-state index in [-0.39, 0.29) is 5.78 Å². The number of carbonyl (C=O) groups excluding carboxylic acids is 1. The van der Waals surface area contributed by atoms with E-state index in [0.29, 0.717) is 13.0 Å². The Bertz CT molecular complexity index is 412. The highest BCUT2D eigenvalue weighted by molar-refractivity contribution is 6.79. The highest BCUT2D eigenvalue weighted by atomic mass is 16.5. The van der Waals surface area contributed by atoms with Crippen molar-refractivity contribution in [1.29, 1.82) is 0 Å². The number of rotatable bonds is 2. The molecule has 0 saturated heterocycles. The van der Waals surface area contributed by atoms with Gasteiger partial charge >= 0.3 is 0 Å². The fraction of sp³-hybridized carbons (Fsp3) is 0.364. The van der Waals surface area contributed by atoms with E-state index >= 15 is 0 Å². The molecule has 0 fully saturated rings. The second-order valence-electron chi connectivity index (χ2n) is 4.36. The summed E-state index contributed by atoms with van der Waals surface area (Å²) < 4.78 is 5.30. The Hall–Kier alpha value is -1.13. The van der Waals surface area contributed by atoms with Gasteiger partial charge in [0.05, 0.1) is 0 Å². The molecule has 1 N–H and O–H groups in total. The highest BCUT2D eigenvalue weighted by Gasteiger charge is 2.27. The van der Waals surface area contributed by atoms with Crippen LogP contribution < -0.4 is 5.46 Å². The predicted molar refractivity (Wildman–Crippen MR) is 59.1 cm³/mol. The Morgan fingerprint density at radius 3 is 3.00 bits per heavy atom. The molecule has 0 bridgehead atoms. The second-order valence-corrected chi connectivity index (χ2v) is 4.36. The molecule has 1 aromatic carbocycles. The summed E-state index contributed by atoms with van der Waals surface area (Å²) >= 11 is 0. The fourth-order valence-electron chi connectivity index (χ4n) is 2.01. The SMILES string of the molecule is CC(=O)Cc1ccc2c(c1)[B-](C)(O)OC2. The maximum atomic E-state index is 11.0. The van der Waals surface area contributed by atoms with Gasteiger partial charge in [0, 0.05) is 13.0 Å². The van der Waals surface area contributed by atoms with Crippen molar-refractivity contribution < 1.29 is 14.5 Å². The van der Waals surface area contributed by atoms with Crippen LogP contribution in [0.1, 0.15) is 18.1 Å². The van der Waals surface area contributed by atoms with Crippen molar-refractivity contribution in [1.82, 2.24) is 0 Å². The molecule has 4 heteroatoms. The van der Waals surface area contributed by atoms with Crippen molar-refractivity contribution in [2.45, 2.75) is 26.8 Å². The van der Waals surface area contributed by atoms with Crippen LogP contribution in [0.3, 0.4) is 0 Å². The van der Waals surface area contributed by atoms with Gasteiger partial charge in [-0.05, 0) is 12.5 Å². The molecule has 0 amide bonds. The first-order chi connectivity index (χ1) is 6.99. The number of hydrogen-bond acceptors (Lipinski definition) is 3. The van der Waals surface area contributed by atoms with Crippen LogP contribution >= 0.6 is 0 Å². The Balaban J connectivity index is 2.37. The molecule has 15 heavy (non-hydrogen) atoms. The average molecular weight is 205 g/mol. The first kappa shape index (κ1) is 10.4. The molecule has 1 unspecified atom stereocenters. The van der Waals surface area contributed by atoms with Crippen molar-refractivity contribution in [2.24, 2.45) is 0 Å². The molecular formula is C11H14BO3-. The van der Waals surface area contributed by atoms with Crippen LogP contribution in [0.5, 0.6) is 0 Å². The van der Waals surface area contributed by atoms with Crippen molar-refractivity contribution in [2.75, 3.05) is 0 Å². The number of carbonyl (C=O) groups is 1. The first-order valence-electron chi connectivity index (χ1n) is 5.15. The Kier molecular flexibility index (Phi) is 2.40. The minimum absolute atomic E-state index is 0.126. The summed E-state index contributed by atoms with van der Waals surface area (Å²) in [6, 6.07) is 5.72. The van der Waals surface area contributed by atoms with E-state index in [1.807, 2.05) is 18.2 Å². The van der Waals surface area contributed by atoms with Gasteiger partial charge in [-0.3, -0.25) is 4.79 Å². The monoisotopic (exact) mass is 205 g/mol. The van der Waals surface area contributed by atoms with Gasteiger partial charge in [-0.25, -0.2) is 0 Å². The van der Waals surface area contributed by atoms with E-state index < -0.39 is 6.55 Å². The van der Waals surface area contributed by atoms with Crippen LogP contribution in [0.4, 0.5) is 0 Å². The predicted octanol–water partition coefficient (Wildman–Crippen LogP) is 0.620. The van der Waals surface area contributed by atoms with E-state index in [0.717, 1.165) is 16.6 Å². The molecule has 3 nitrogen and oxygen atoms in total. The zero-order chi connectivity index (χ0) is 11.1. The number of Topliss-reactive ketones (excluding diaryl/α,β-unsaturated/α-hetero) is 1. The Labute approximate surface area is 89.0 Å². The quantitative estimate of drug-likeness (QED) is 0.720. The highest BCUT2D eigenvalue weighted by Crippen LogP contribution is 2.18. The Morgan fingerprint density at radius 2 is 2.33 bits per heavy atom. The van der Waals surface area contributed by atoms with Gasteiger partial charge in [0.2, 0.25) is 0 Å². The molecule has 1 aliphatic rings. The summed E-state index contributed by atoms with van der Waals surface area (Å²) in [6.45, 7) is 1.85. The lowest BCUT2D eigenvalue weighted by atomic mass is 9.55. The second kappa shape index (κ2) is 3.47. The molecule has 0 spiro atoms. The third-order valence-electron chi connectivity index (χ3n) is 2.80. The van der Waals surface area contributed by atoms with Crippen LogP contribution in [-0.2, 0) is 22.5 Å². The summed E-state index contributed by atoms with van der Waals surface area (Å²) in [5, 5.41) is 9.96. The number of fused-ring (bicyclic) bond motifs is 1. The van der Waals surface area contributed by atoms with Gasteiger partial charge in [0.1, 0.15) is 5.78 Å². The number of ketones is 1. The minimum Gasteiger partial charge on any atom is -0.579 e. The van der Waals surface area contributed by atoms with E-state index in [9.17, 15) is 9.82 Å². The van der Waals surface area contributed by atoms with Crippen molar-refractivity contribution in [3.05, 3.63) is 29.3 Å². The number of hydrogen-bond donors (Lipinski definition) is 1. The van der Waals surface area contributed by atoms with Gasteiger partial charge in [0.25, 0.3) is 6.55 Å². The summed E-state index contributed by atoms with van der Waals surface area (Å²) in [4.78, 5) is 11.0. The third-order valence-corrected chi connectivity index (χ3v) is 2.80. The van der Waals surface area contributed by atoms with Crippen molar-refractivity contribution in [3.8, 4) is 0 Å². The minimum atomic E-state index is -1.86. The van der Waals surface area contributed by atoms with Crippen LogP contribution in [0, 0.1) is 0 Å². The molecule has 2 rings (SSSR count). The van der Waals surface area contributed by atoms with Crippen molar-refractivity contribution >= 4 is 17.8 Å². The molecule has 1 aliphatic heterocycles. The lowest BCUT2D eigenvalue weighted by molar-refractivity contribution is -0.116. The van der Waals surface area contributed by atoms with Gasteiger partial charge < -0.3 is 9.68 Å². The van der Waals surface area contributed by atoms with Crippen LogP contribution in [-0.4, -0.2) is 17.4 Å². The van der Waals surface area contributed by atoms with E-state index in [4.69, 9.17) is 4.65 Å². The molecule has 0 aromatic heterocycles. The van der Waals surface area contributed by atoms with Crippen LogP contribution in [0.2, 0.25) is 6.82 Å². The summed E-state index contributed by atoms with van der Waals surface area (Å²) in [5.41, 5.74) is 2.80. The lowest BCUT2D eigenvalue weighted by Gasteiger charge is -2.24. The third kappa shape index (κ3) is 1.96. The molecular weight excluding hydrogens is 191 g/mol. The lowest BCUT2D eigenvalue weighted by Crippen LogP contribution is -2.44. The van der Waals surface area contributed by atoms with Gasteiger partial charge in [0.15, 0.2) is 0 Å². The molecule has 1 heterocycles. The summed E-state index contributed by atoms with van der Waals surface area (Å²) in [5.74, 6) is 0.126. The summed E-state index contributed by atoms with van der Waals surface area (Å²) in [6.07, 6.45) is 0.416. The molecule has 80 valence electrons. The molecule has 1 aromatic rings. The fourth-order valence-corrected chi connectivity index (χ4v) is 2.01. The van der Waals surface area contributed by atoms with Crippen LogP contribution in [0.25, 0.3) is 0 Å². The zero-order valence-corrected chi connectivity index (χ0v) is 8.99. The van der Waals surface area contributed by atoms with Gasteiger partial charge in [-0.2, -0.15) is 0 Å². The van der Waals surface area contributed by atoms with Crippen molar-refractivity contribution in [3.63, 3.8) is 0 Å².